The SMILES string of the molecule is CCn1c(SCC(=O)Nc2nc3ccccc3s2)nnc1[C@@H](NC(=O)c1ccc(Cl)cc1Cl)C(C)C. The average Bonchev–Trinajstić information content (AvgIpc) is 3.43. The lowest BCUT2D eigenvalue weighted by atomic mass is 10.0. The molecular formula is C24H24Cl2N6O2S2. The van der Waals surface area contributed by atoms with Gasteiger partial charge in [-0.2, -0.15) is 0 Å². The number of aromatic nitrogens is 4. The first-order valence-electron chi connectivity index (χ1n) is 11.2. The number of thioether (sulfide) groups is 1. The molecule has 12 heteroatoms. The molecule has 0 radical (unpaired) electrons. The zero-order chi connectivity index (χ0) is 25.8. The highest BCUT2D eigenvalue weighted by atomic mass is 35.5. The molecule has 0 aliphatic carbocycles. The number of halogens is 2. The second-order valence-electron chi connectivity index (χ2n) is 8.23. The molecule has 1 atom stereocenters. The van der Waals surface area contributed by atoms with Gasteiger partial charge < -0.3 is 15.2 Å². The van der Waals surface area contributed by atoms with E-state index in [2.05, 4.69) is 25.8 Å². The first-order valence-corrected chi connectivity index (χ1v) is 13.8. The van der Waals surface area contributed by atoms with Crippen molar-refractivity contribution in [2.45, 2.75) is 38.5 Å². The summed E-state index contributed by atoms with van der Waals surface area (Å²) in [5.41, 5.74) is 1.18. The topological polar surface area (TPSA) is 102 Å². The Bertz CT molecular complexity index is 1370. The van der Waals surface area contributed by atoms with Gasteiger partial charge in [-0.25, -0.2) is 4.98 Å². The Balaban J connectivity index is 1.45. The highest BCUT2D eigenvalue weighted by Gasteiger charge is 2.27. The van der Waals surface area contributed by atoms with Crippen LogP contribution >= 0.6 is 46.3 Å². The number of hydrogen-bond donors (Lipinski definition) is 2. The van der Waals surface area contributed by atoms with E-state index in [0.29, 0.717) is 33.2 Å². The molecule has 0 spiro atoms. The molecule has 0 saturated heterocycles. The Labute approximate surface area is 226 Å². The molecule has 0 bridgehead atoms. The third kappa shape index (κ3) is 6.00. The molecule has 188 valence electrons. The number of carbonyl (C=O) groups excluding carboxylic acids is 2. The molecule has 2 aromatic carbocycles. The third-order valence-corrected chi connectivity index (χ3v) is 7.81. The van der Waals surface area contributed by atoms with Gasteiger partial charge in [-0.15, -0.1) is 10.2 Å². The molecule has 2 N–H and O–H groups in total. The zero-order valence-corrected chi connectivity index (χ0v) is 22.9. The average molecular weight is 564 g/mol. The summed E-state index contributed by atoms with van der Waals surface area (Å²) in [5.74, 6) is 0.269. The van der Waals surface area contributed by atoms with E-state index in [4.69, 9.17) is 23.2 Å². The molecule has 0 aliphatic heterocycles. The van der Waals surface area contributed by atoms with E-state index in [9.17, 15) is 9.59 Å². The number of nitrogens with zero attached hydrogens (tertiary/aromatic N) is 4. The predicted molar refractivity (Wildman–Crippen MR) is 146 cm³/mol. The Morgan fingerprint density at radius 3 is 2.61 bits per heavy atom. The minimum atomic E-state index is -0.414. The molecule has 36 heavy (non-hydrogen) atoms. The van der Waals surface area contributed by atoms with Crippen LogP contribution in [0.3, 0.4) is 0 Å². The summed E-state index contributed by atoms with van der Waals surface area (Å²) in [5, 5.41) is 16.4. The predicted octanol–water partition coefficient (Wildman–Crippen LogP) is 6.07. The lowest BCUT2D eigenvalue weighted by Crippen LogP contribution is -2.34. The third-order valence-electron chi connectivity index (χ3n) is 5.34. The Hall–Kier alpha value is -2.66. The molecule has 0 saturated carbocycles. The molecule has 0 aliphatic rings. The van der Waals surface area contributed by atoms with Crippen molar-refractivity contribution in [3.8, 4) is 0 Å². The van der Waals surface area contributed by atoms with Crippen LogP contribution in [0, 0.1) is 5.92 Å². The smallest absolute Gasteiger partial charge is 0.253 e. The molecule has 2 aromatic heterocycles. The van der Waals surface area contributed by atoms with Crippen molar-refractivity contribution < 1.29 is 9.59 Å². The van der Waals surface area contributed by atoms with Gasteiger partial charge in [0, 0.05) is 11.6 Å². The molecule has 0 fully saturated rings. The summed E-state index contributed by atoms with van der Waals surface area (Å²) >= 11 is 14.9. The summed E-state index contributed by atoms with van der Waals surface area (Å²) in [7, 11) is 0. The normalized spacial score (nSPS) is 12.2. The summed E-state index contributed by atoms with van der Waals surface area (Å²) in [4.78, 5) is 30.0. The molecule has 4 rings (SSSR count). The van der Waals surface area contributed by atoms with Crippen molar-refractivity contribution in [1.29, 1.82) is 0 Å². The van der Waals surface area contributed by atoms with E-state index >= 15 is 0 Å². The van der Waals surface area contributed by atoms with Crippen LogP contribution in [0.5, 0.6) is 0 Å². The number of nitrogens with one attached hydrogen (secondary N) is 2. The Kier molecular flexibility index (Phi) is 8.50. The summed E-state index contributed by atoms with van der Waals surface area (Å²) in [6, 6.07) is 12.1. The van der Waals surface area contributed by atoms with Crippen LogP contribution in [0.15, 0.2) is 47.6 Å². The maximum absolute atomic E-state index is 13.0. The first kappa shape index (κ1) is 26.4. The van der Waals surface area contributed by atoms with Gasteiger partial charge in [-0.05, 0) is 43.2 Å². The zero-order valence-electron chi connectivity index (χ0n) is 19.8. The van der Waals surface area contributed by atoms with Crippen LogP contribution in [0.4, 0.5) is 5.13 Å². The van der Waals surface area contributed by atoms with Crippen molar-refractivity contribution in [3.05, 3.63) is 63.9 Å². The minimum Gasteiger partial charge on any atom is -0.342 e. The van der Waals surface area contributed by atoms with Crippen LogP contribution in [0.1, 0.15) is 43.0 Å². The maximum atomic E-state index is 13.0. The van der Waals surface area contributed by atoms with Gasteiger partial charge in [0.25, 0.3) is 5.91 Å². The number of amides is 2. The van der Waals surface area contributed by atoms with E-state index < -0.39 is 6.04 Å². The molecule has 0 unspecified atom stereocenters. The number of anilines is 1. The van der Waals surface area contributed by atoms with Crippen LogP contribution in [0.2, 0.25) is 10.0 Å². The standard InChI is InChI=1S/C24H24Cl2N6O2S2/c1-4-32-21(20(13(2)3)29-22(34)15-10-9-14(25)11-16(15)26)30-31-24(32)35-12-19(33)28-23-27-17-7-5-6-8-18(17)36-23/h5-11,13,20H,4,12H2,1-3H3,(H,29,34)(H,27,28,33)/t20-/m0/s1. The van der Waals surface area contributed by atoms with Gasteiger partial charge in [0.2, 0.25) is 5.91 Å². The summed E-state index contributed by atoms with van der Waals surface area (Å²) in [6.45, 7) is 6.51. The second kappa shape index (κ2) is 11.6. The lowest BCUT2D eigenvalue weighted by molar-refractivity contribution is -0.113. The molecule has 4 aromatic rings. The molecule has 8 nitrogen and oxygen atoms in total. The number of fused-ring (bicyclic) bond motifs is 1. The molecular weight excluding hydrogens is 539 g/mol. The fourth-order valence-corrected chi connectivity index (χ4v) is 5.75. The molecule has 2 amide bonds. The molecule has 2 heterocycles. The van der Waals surface area contributed by atoms with Gasteiger partial charge in [0.1, 0.15) is 0 Å². The number of carbonyl (C=O) groups is 2. The highest BCUT2D eigenvalue weighted by Crippen LogP contribution is 2.28. The fourth-order valence-electron chi connectivity index (χ4n) is 3.57. The van der Waals surface area contributed by atoms with Gasteiger partial charge in [0.15, 0.2) is 16.1 Å². The maximum Gasteiger partial charge on any atom is 0.253 e. The lowest BCUT2D eigenvalue weighted by Gasteiger charge is -2.22. The Morgan fingerprint density at radius 2 is 1.92 bits per heavy atom. The number of rotatable bonds is 9. The quantitative estimate of drug-likeness (QED) is 0.240. The van der Waals surface area contributed by atoms with E-state index in [0.717, 1.165) is 10.2 Å². The van der Waals surface area contributed by atoms with Crippen LogP contribution in [0.25, 0.3) is 10.2 Å². The van der Waals surface area contributed by atoms with Crippen molar-refractivity contribution in [2.75, 3.05) is 11.1 Å². The van der Waals surface area contributed by atoms with E-state index in [1.54, 1.807) is 12.1 Å². The summed E-state index contributed by atoms with van der Waals surface area (Å²) < 4.78 is 2.92. The van der Waals surface area contributed by atoms with E-state index in [1.807, 2.05) is 49.6 Å². The van der Waals surface area contributed by atoms with Gasteiger partial charge >= 0.3 is 0 Å². The Morgan fingerprint density at radius 1 is 1.14 bits per heavy atom. The van der Waals surface area contributed by atoms with E-state index in [1.165, 1.54) is 29.2 Å². The van der Waals surface area contributed by atoms with Gasteiger partial charge in [0.05, 0.1) is 32.6 Å². The highest BCUT2D eigenvalue weighted by molar-refractivity contribution is 7.99. The van der Waals surface area contributed by atoms with Crippen LogP contribution in [-0.4, -0.2) is 37.3 Å². The first-order chi connectivity index (χ1) is 17.3. The number of hydrogen-bond acceptors (Lipinski definition) is 7. The largest absolute Gasteiger partial charge is 0.342 e. The number of benzene rings is 2. The monoisotopic (exact) mass is 562 g/mol. The second-order valence-corrected chi connectivity index (χ2v) is 11.0. The van der Waals surface area contributed by atoms with Crippen LogP contribution < -0.4 is 10.6 Å². The minimum absolute atomic E-state index is 0.0229. The van der Waals surface area contributed by atoms with Crippen molar-refractivity contribution in [1.82, 2.24) is 25.1 Å². The van der Waals surface area contributed by atoms with Crippen molar-refractivity contribution >= 4 is 73.5 Å². The van der Waals surface area contributed by atoms with Gasteiger partial charge in [-0.3, -0.25) is 9.59 Å². The van der Waals surface area contributed by atoms with Crippen LogP contribution in [-0.2, 0) is 11.3 Å². The number of thiazole rings is 1. The van der Waals surface area contributed by atoms with E-state index in [-0.39, 0.29) is 28.5 Å². The van der Waals surface area contributed by atoms with Crippen molar-refractivity contribution in [2.24, 2.45) is 5.92 Å². The fraction of sp³-hybridized carbons (Fsp3) is 0.292. The van der Waals surface area contributed by atoms with Crippen molar-refractivity contribution in [3.63, 3.8) is 0 Å². The van der Waals surface area contributed by atoms with Gasteiger partial charge in [-0.1, -0.05) is 72.3 Å². The number of para-hydroxylation sites is 1. The summed E-state index contributed by atoms with van der Waals surface area (Å²) in [6.07, 6.45) is 0.